The van der Waals surface area contributed by atoms with E-state index in [1.54, 1.807) is 12.1 Å². The first kappa shape index (κ1) is 14.3. The number of benzene rings is 1. The van der Waals surface area contributed by atoms with Crippen molar-refractivity contribution in [1.29, 1.82) is 0 Å². The Balaban J connectivity index is 2.34. The zero-order valence-corrected chi connectivity index (χ0v) is 11.6. The third-order valence-electron chi connectivity index (χ3n) is 4.04. The molecule has 1 aliphatic carbocycles. The minimum absolute atomic E-state index is 0.222. The summed E-state index contributed by atoms with van der Waals surface area (Å²) >= 11 is 0. The van der Waals surface area contributed by atoms with Crippen LogP contribution in [0.3, 0.4) is 0 Å². The largest absolute Gasteiger partial charge is 0.435 e. The van der Waals surface area contributed by atoms with Crippen molar-refractivity contribution in [3.63, 3.8) is 0 Å². The third kappa shape index (κ3) is 2.73. The molecule has 3 unspecified atom stereocenters. The molecule has 106 valence electrons. The van der Waals surface area contributed by atoms with E-state index in [-0.39, 0.29) is 12.0 Å². The lowest BCUT2D eigenvalue weighted by Gasteiger charge is -2.20. The fourth-order valence-corrected chi connectivity index (χ4v) is 2.95. The number of hydrogen-bond donors (Lipinski definition) is 1. The second kappa shape index (κ2) is 5.87. The van der Waals surface area contributed by atoms with Gasteiger partial charge in [-0.15, -0.1) is 0 Å². The van der Waals surface area contributed by atoms with Crippen LogP contribution in [0.2, 0.25) is 0 Å². The molecule has 2 nitrogen and oxygen atoms in total. The Morgan fingerprint density at radius 3 is 2.68 bits per heavy atom. The van der Waals surface area contributed by atoms with Crippen LogP contribution in [0.5, 0.6) is 5.75 Å². The van der Waals surface area contributed by atoms with E-state index >= 15 is 0 Å². The van der Waals surface area contributed by atoms with Gasteiger partial charge in [-0.1, -0.05) is 32.9 Å². The van der Waals surface area contributed by atoms with E-state index < -0.39 is 6.61 Å². The number of nitrogens with one attached hydrogen (secondary N) is 1. The molecule has 0 aromatic heterocycles. The summed E-state index contributed by atoms with van der Waals surface area (Å²) in [6.45, 7) is 4.52. The van der Waals surface area contributed by atoms with Gasteiger partial charge in [-0.2, -0.15) is 8.78 Å². The molecule has 1 aromatic carbocycles. The standard InChI is InChI=1S/C15H21F2NO/c1-4-8-18-14-10(3)9(2)13-11(14)6-5-7-12(13)19-15(16)17/h5-7,9-10,14-15,18H,4,8H2,1-3H3. The number of hydrogen-bond acceptors (Lipinski definition) is 2. The Morgan fingerprint density at radius 2 is 2.05 bits per heavy atom. The Kier molecular flexibility index (Phi) is 4.40. The minimum Gasteiger partial charge on any atom is -0.435 e. The monoisotopic (exact) mass is 269 g/mol. The molecular weight excluding hydrogens is 248 g/mol. The van der Waals surface area contributed by atoms with Crippen molar-refractivity contribution in [3.05, 3.63) is 29.3 Å². The van der Waals surface area contributed by atoms with E-state index in [4.69, 9.17) is 0 Å². The molecule has 0 aliphatic heterocycles. The summed E-state index contributed by atoms with van der Waals surface area (Å²) in [5.74, 6) is 0.927. The topological polar surface area (TPSA) is 21.3 Å². The summed E-state index contributed by atoms with van der Waals surface area (Å²) in [6, 6.07) is 5.67. The molecule has 0 radical (unpaired) electrons. The average molecular weight is 269 g/mol. The Labute approximate surface area is 113 Å². The minimum atomic E-state index is -2.77. The Bertz CT molecular complexity index is 436. The summed E-state index contributed by atoms with van der Waals surface area (Å²) < 4.78 is 29.6. The molecule has 1 aliphatic rings. The SMILES string of the molecule is CCCNC1c2cccc(OC(F)F)c2C(C)C1C. The highest BCUT2D eigenvalue weighted by atomic mass is 19.3. The zero-order valence-electron chi connectivity index (χ0n) is 11.6. The van der Waals surface area contributed by atoms with Gasteiger partial charge in [0.25, 0.3) is 0 Å². The lowest BCUT2D eigenvalue weighted by Crippen LogP contribution is -2.25. The van der Waals surface area contributed by atoms with E-state index in [2.05, 4.69) is 30.8 Å². The van der Waals surface area contributed by atoms with Gasteiger partial charge in [0.05, 0.1) is 0 Å². The Hall–Kier alpha value is -1.16. The van der Waals surface area contributed by atoms with Gasteiger partial charge in [-0.3, -0.25) is 0 Å². The highest BCUT2D eigenvalue weighted by molar-refractivity contribution is 5.48. The molecule has 19 heavy (non-hydrogen) atoms. The van der Waals surface area contributed by atoms with Gasteiger partial charge in [-0.05, 0) is 36.4 Å². The van der Waals surface area contributed by atoms with Crippen molar-refractivity contribution in [3.8, 4) is 5.75 Å². The van der Waals surface area contributed by atoms with E-state index in [1.807, 2.05) is 6.07 Å². The molecule has 0 saturated heterocycles. The predicted octanol–water partition coefficient (Wildman–Crippen LogP) is 4.08. The average Bonchev–Trinajstić information content (AvgIpc) is 2.60. The van der Waals surface area contributed by atoms with Crippen molar-refractivity contribution in [1.82, 2.24) is 5.32 Å². The fraction of sp³-hybridized carbons (Fsp3) is 0.600. The van der Waals surface area contributed by atoms with Crippen LogP contribution in [-0.2, 0) is 0 Å². The van der Waals surface area contributed by atoms with Gasteiger partial charge in [0, 0.05) is 11.6 Å². The summed E-state index contributed by atoms with van der Waals surface area (Å²) in [6.07, 6.45) is 1.06. The second-order valence-corrected chi connectivity index (χ2v) is 5.22. The number of ether oxygens (including phenoxy) is 1. The second-order valence-electron chi connectivity index (χ2n) is 5.22. The molecule has 4 heteroatoms. The van der Waals surface area contributed by atoms with Crippen LogP contribution < -0.4 is 10.1 Å². The van der Waals surface area contributed by atoms with E-state index in [9.17, 15) is 8.78 Å². The van der Waals surface area contributed by atoms with Crippen molar-refractivity contribution in [2.75, 3.05) is 6.54 Å². The van der Waals surface area contributed by atoms with Crippen LogP contribution in [0.25, 0.3) is 0 Å². The molecule has 0 amide bonds. The first-order valence-electron chi connectivity index (χ1n) is 6.87. The van der Waals surface area contributed by atoms with Crippen molar-refractivity contribution in [2.24, 2.45) is 5.92 Å². The van der Waals surface area contributed by atoms with Crippen LogP contribution in [-0.4, -0.2) is 13.2 Å². The van der Waals surface area contributed by atoms with Crippen LogP contribution in [0.4, 0.5) is 8.78 Å². The molecule has 0 spiro atoms. The van der Waals surface area contributed by atoms with Crippen LogP contribution in [0.15, 0.2) is 18.2 Å². The van der Waals surface area contributed by atoms with E-state index in [1.165, 1.54) is 0 Å². The lowest BCUT2D eigenvalue weighted by molar-refractivity contribution is -0.0505. The van der Waals surface area contributed by atoms with E-state index in [0.29, 0.717) is 11.7 Å². The molecule has 0 bridgehead atoms. The molecular formula is C15H21F2NO. The summed E-state index contributed by atoms with van der Waals surface area (Å²) in [7, 11) is 0. The summed E-state index contributed by atoms with van der Waals surface area (Å²) in [5.41, 5.74) is 2.04. The van der Waals surface area contributed by atoms with Crippen LogP contribution in [0.1, 0.15) is 50.3 Å². The van der Waals surface area contributed by atoms with Crippen LogP contribution in [0, 0.1) is 5.92 Å². The number of fused-ring (bicyclic) bond motifs is 1. The highest BCUT2D eigenvalue weighted by Crippen LogP contribution is 2.48. The zero-order chi connectivity index (χ0) is 14.0. The fourth-order valence-electron chi connectivity index (χ4n) is 2.95. The first-order valence-corrected chi connectivity index (χ1v) is 6.87. The van der Waals surface area contributed by atoms with Gasteiger partial charge >= 0.3 is 6.61 Å². The summed E-state index contributed by atoms with van der Waals surface area (Å²) in [4.78, 5) is 0. The highest BCUT2D eigenvalue weighted by Gasteiger charge is 2.37. The van der Waals surface area contributed by atoms with Gasteiger partial charge in [-0.25, -0.2) is 0 Å². The smallest absolute Gasteiger partial charge is 0.387 e. The molecule has 1 N–H and O–H groups in total. The van der Waals surface area contributed by atoms with Gasteiger partial charge < -0.3 is 10.1 Å². The quantitative estimate of drug-likeness (QED) is 0.869. The first-order chi connectivity index (χ1) is 9.06. The number of alkyl halides is 2. The molecule has 1 aromatic rings. The Morgan fingerprint density at radius 1 is 1.32 bits per heavy atom. The molecule has 0 fully saturated rings. The number of rotatable bonds is 5. The third-order valence-corrected chi connectivity index (χ3v) is 4.04. The van der Waals surface area contributed by atoms with Crippen molar-refractivity contribution in [2.45, 2.75) is 45.8 Å². The maximum absolute atomic E-state index is 12.5. The molecule has 0 heterocycles. The molecule has 2 rings (SSSR count). The van der Waals surface area contributed by atoms with E-state index in [0.717, 1.165) is 24.1 Å². The van der Waals surface area contributed by atoms with Gasteiger partial charge in [0.1, 0.15) is 5.75 Å². The maximum Gasteiger partial charge on any atom is 0.387 e. The predicted molar refractivity (Wildman–Crippen MR) is 71.7 cm³/mol. The van der Waals surface area contributed by atoms with Crippen LogP contribution >= 0.6 is 0 Å². The molecule has 3 atom stereocenters. The maximum atomic E-state index is 12.5. The molecule has 0 saturated carbocycles. The van der Waals surface area contributed by atoms with Gasteiger partial charge in [0.2, 0.25) is 0 Å². The summed E-state index contributed by atoms with van der Waals surface area (Å²) in [5, 5.41) is 3.51. The van der Waals surface area contributed by atoms with Crippen molar-refractivity contribution >= 4 is 0 Å². The lowest BCUT2D eigenvalue weighted by atomic mass is 9.94. The van der Waals surface area contributed by atoms with Gasteiger partial charge in [0.15, 0.2) is 0 Å². The number of halogens is 2. The normalized spacial score (nSPS) is 25.7. The van der Waals surface area contributed by atoms with Crippen molar-refractivity contribution < 1.29 is 13.5 Å².